The summed E-state index contributed by atoms with van der Waals surface area (Å²) < 4.78 is 18.8. The number of halogens is 1. The number of carbonyl (C=O) groups is 1. The Labute approximate surface area is 153 Å². The molecule has 1 atom stereocenters. The Kier molecular flexibility index (Phi) is 4.96. The van der Waals surface area contributed by atoms with Crippen molar-refractivity contribution in [3.05, 3.63) is 18.1 Å². The predicted octanol–water partition coefficient (Wildman–Crippen LogP) is 2.94. The number of amides is 1. The number of ether oxygens (including phenoxy) is 1. The first-order chi connectivity index (χ1) is 11.7. The minimum Gasteiger partial charge on any atom is -0.450 e. The zero-order chi connectivity index (χ0) is 18.2. The van der Waals surface area contributed by atoms with E-state index in [1.165, 1.54) is 12.3 Å². The van der Waals surface area contributed by atoms with Crippen molar-refractivity contribution in [3.8, 4) is 0 Å². The monoisotopic (exact) mass is 382 g/mol. The van der Waals surface area contributed by atoms with E-state index in [9.17, 15) is 9.18 Å². The molecule has 3 heterocycles. The maximum Gasteiger partial charge on any atom is 0.409 e. The summed E-state index contributed by atoms with van der Waals surface area (Å²) in [5.41, 5.74) is 0.576. The highest BCUT2D eigenvalue weighted by Gasteiger charge is 2.38. The van der Waals surface area contributed by atoms with E-state index in [-0.39, 0.29) is 12.1 Å². The Bertz CT molecular complexity index is 697. The molecule has 0 unspecified atom stereocenters. The van der Waals surface area contributed by atoms with Crippen LogP contribution in [0, 0.1) is 5.82 Å². The van der Waals surface area contributed by atoms with Gasteiger partial charge in [-0.25, -0.2) is 14.2 Å². The van der Waals surface area contributed by atoms with Crippen LogP contribution in [-0.4, -0.2) is 61.3 Å². The molecule has 9 heteroatoms. The van der Waals surface area contributed by atoms with Crippen LogP contribution in [0.15, 0.2) is 12.3 Å². The lowest BCUT2D eigenvalue weighted by molar-refractivity contribution is 0.102. The second kappa shape index (κ2) is 6.87. The number of anilines is 2. The molecule has 0 radical (unpaired) electrons. The fourth-order valence-electron chi connectivity index (χ4n) is 2.93. The lowest BCUT2D eigenvalue weighted by Gasteiger charge is -2.45. The first kappa shape index (κ1) is 18.1. The van der Waals surface area contributed by atoms with Crippen LogP contribution in [0.3, 0.4) is 0 Å². The number of pyridine rings is 1. The average molecular weight is 383 g/mol. The van der Waals surface area contributed by atoms with Gasteiger partial charge in [-0.3, -0.25) is 0 Å². The first-order valence-electron chi connectivity index (χ1n) is 8.39. The van der Waals surface area contributed by atoms with Crippen molar-refractivity contribution in [2.75, 3.05) is 36.5 Å². The standard InChI is InChI=1S/C16H23FN4O2SSi/c1-25(2,3)7-6-23-16(22)20-4-5-21-13(10-20)15(24)19-12-8-11(17)9-18-14(12)21/h8-9,13H,4-7,10H2,1-3H3,(H,19,24)/t13-/m1/s1. The highest BCUT2D eigenvalue weighted by Crippen LogP contribution is 2.32. The quantitative estimate of drug-likeness (QED) is 0.641. The molecule has 0 aliphatic carbocycles. The molecule has 0 aromatic carbocycles. The van der Waals surface area contributed by atoms with Gasteiger partial charge in [-0.2, -0.15) is 0 Å². The van der Waals surface area contributed by atoms with Crippen molar-refractivity contribution < 1.29 is 13.9 Å². The Hall–Kier alpha value is -1.74. The predicted molar refractivity (Wildman–Crippen MR) is 103 cm³/mol. The van der Waals surface area contributed by atoms with Gasteiger partial charge < -0.3 is 19.9 Å². The van der Waals surface area contributed by atoms with Crippen molar-refractivity contribution in [2.45, 2.75) is 31.7 Å². The zero-order valence-electron chi connectivity index (χ0n) is 14.7. The molecule has 25 heavy (non-hydrogen) atoms. The molecule has 3 rings (SSSR count). The van der Waals surface area contributed by atoms with Crippen LogP contribution in [-0.2, 0) is 4.74 Å². The van der Waals surface area contributed by atoms with Crippen LogP contribution >= 0.6 is 12.2 Å². The number of nitrogens with one attached hydrogen (secondary N) is 1. The van der Waals surface area contributed by atoms with E-state index in [0.29, 0.717) is 42.7 Å². The molecule has 0 bridgehead atoms. The highest BCUT2D eigenvalue weighted by atomic mass is 32.1. The first-order valence-corrected chi connectivity index (χ1v) is 12.5. The summed E-state index contributed by atoms with van der Waals surface area (Å²) in [7, 11) is -1.23. The van der Waals surface area contributed by atoms with Gasteiger partial charge >= 0.3 is 6.09 Å². The third-order valence-corrected chi connectivity index (χ3v) is 6.46. The molecule has 2 aliphatic heterocycles. The number of rotatable bonds is 3. The summed E-state index contributed by atoms with van der Waals surface area (Å²) in [6, 6.07) is 2.17. The van der Waals surface area contributed by atoms with Crippen molar-refractivity contribution >= 4 is 42.9 Å². The minimum atomic E-state index is -1.23. The molecule has 6 nitrogen and oxygen atoms in total. The van der Waals surface area contributed by atoms with Crippen LogP contribution < -0.4 is 10.2 Å². The maximum atomic E-state index is 13.4. The summed E-state index contributed by atoms with van der Waals surface area (Å²) in [6.45, 7) is 8.77. The van der Waals surface area contributed by atoms with Gasteiger partial charge in [0.15, 0.2) is 5.82 Å². The second-order valence-electron chi connectivity index (χ2n) is 7.59. The Morgan fingerprint density at radius 1 is 1.48 bits per heavy atom. The third-order valence-electron chi connectivity index (χ3n) is 4.38. The summed E-state index contributed by atoms with van der Waals surface area (Å²) >= 11 is 5.42. The maximum absolute atomic E-state index is 13.4. The molecule has 1 N–H and O–H groups in total. The summed E-state index contributed by atoms with van der Waals surface area (Å²) in [4.78, 5) is 20.8. The van der Waals surface area contributed by atoms with Crippen LogP contribution in [0.2, 0.25) is 25.7 Å². The van der Waals surface area contributed by atoms with Crippen molar-refractivity contribution in [1.29, 1.82) is 0 Å². The topological polar surface area (TPSA) is 57.7 Å². The van der Waals surface area contributed by atoms with Gasteiger partial charge in [-0.1, -0.05) is 31.9 Å². The van der Waals surface area contributed by atoms with E-state index >= 15 is 0 Å². The van der Waals surface area contributed by atoms with E-state index in [1.54, 1.807) is 4.90 Å². The third kappa shape index (κ3) is 4.09. The largest absolute Gasteiger partial charge is 0.450 e. The van der Waals surface area contributed by atoms with E-state index in [0.717, 1.165) is 6.04 Å². The number of aromatic nitrogens is 1. The minimum absolute atomic E-state index is 0.168. The van der Waals surface area contributed by atoms with Gasteiger partial charge in [0.1, 0.15) is 10.8 Å². The molecule has 2 aliphatic rings. The molecule has 0 saturated carbocycles. The lowest BCUT2D eigenvalue weighted by atomic mass is 10.1. The highest BCUT2D eigenvalue weighted by molar-refractivity contribution is 7.80. The van der Waals surface area contributed by atoms with E-state index in [1.807, 2.05) is 4.90 Å². The van der Waals surface area contributed by atoms with Crippen molar-refractivity contribution in [2.24, 2.45) is 0 Å². The van der Waals surface area contributed by atoms with Crippen molar-refractivity contribution in [3.63, 3.8) is 0 Å². The fourth-order valence-corrected chi connectivity index (χ4v) is 3.96. The number of thiocarbonyl (C=S) groups is 1. The van der Waals surface area contributed by atoms with Crippen LogP contribution in [0.5, 0.6) is 0 Å². The van der Waals surface area contributed by atoms with E-state index in [2.05, 4.69) is 29.9 Å². The number of piperazine rings is 1. The van der Waals surface area contributed by atoms with E-state index < -0.39 is 13.9 Å². The Balaban J connectivity index is 1.65. The summed E-state index contributed by atoms with van der Waals surface area (Å²) in [5.74, 6) is 0.267. The molecular weight excluding hydrogens is 359 g/mol. The number of fused-ring (bicyclic) bond motifs is 3. The smallest absolute Gasteiger partial charge is 0.409 e. The second-order valence-corrected chi connectivity index (χ2v) is 13.7. The molecule has 0 spiro atoms. The molecule has 1 amide bonds. The van der Waals surface area contributed by atoms with Crippen LogP contribution in [0.25, 0.3) is 0 Å². The number of hydrogen-bond donors (Lipinski definition) is 1. The van der Waals surface area contributed by atoms with Crippen molar-refractivity contribution in [1.82, 2.24) is 9.88 Å². The lowest BCUT2D eigenvalue weighted by Crippen LogP contribution is -2.61. The van der Waals surface area contributed by atoms with Gasteiger partial charge in [0, 0.05) is 27.2 Å². The number of nitrogens with zero attached hydrogens (tertiary/aromatic N) is 3. The molecule has 136 valence electrons. The average Bonchev–Trinajstić information content (AvgIpc) is 2.53. The van der Waals surface area contributed by atoms with Gasteiger partial charge in [-0.05, 0) is 6.04 Å². The molecule has 1 aromatic rings. The normalized spacial score (nSPS) is 19.8. The molecule has 1 saturated heterocycles. The van der Waals surface area contributed by atoms with Gasteiger partial charge in [0.05, 0.1) is 31.1 Å². The Morgan fingerprint density at radius 2 is 2.24 bits per heavy atom. The SMILES string of the molecule is C[Si](C)(C)CCOC(=O)N1CCN2c3ncc(F)cc3NC(=S)[C@H]2C1. The molecule has 1 aromatic heterocycles. The fraction of sp³-hybridized carbons (Fsp3) is 0.562. The molecular formula is C16H23FN4O2SSi. The number of carbonyl (C=O) groups excluding carboxylic acids is 1. The Morgan fingerprint density at radius 3 is 2.96 bits per heavy atom. The number of hydrogen-bond acceptors (Lipinski definition) is 5. The van der Waals surface area contributed by atoms with Gasteiger partial charge in [0.2, 0.25) is 0 Å². The van der Waals surface area contributed by atoms with Gasteiger partial charge in [0.25, 0.3) is 0 Å². The van der Waals surface area contributed by atoms with E-state index in [4.69, 9.17) is 17.0 Å². The summed E-state index contributed by atoms with van der Waals surface area (Å²) in [6.07, 6.45) is 0.904. The van der Waals surface area contributed by atoms with Gasteiger partial charge in [-0.15, -0.1) is 0 Å². The molecule has 1 fully saturated rings. The van der Waals surface area contributed by atoms with Crippen LogP contribution in [0.4, 0.5) is 20.7 Å². The summed E-state index contributed by atoms with van der Waals surface area (Å²) in [5, 5.41) is 3.04. The zero-order valence-corrected chi connectivity index (χ0v) is 16.5. The van der Waals surface area contributed by atoms with Crippen LogP contribution in [0.1, 0.15) is 0 Å².